The summed E-state index contributed by atoms with van der Waals surface area (Å²) >= 11 is 0. The highest BCUT2D eigenvalue weighted by Gasteiger charge is 2.04. The Balaban J connectivity index is 3.16. The molecule has 3 nitrogen and oxygen atoms in total. The van der Waals surface area contributed by atoms with Crippen LogP contribution in [0.15, 0.2) is 0 Å². The van der Waals surface area contributed by atoms with Gasteiger partial charge in [-0.3, -0.25) is 0 Å². The Labute approximate surface area is 55.3 Å². The predicted octanol–water partition coefficient (Wildman–Crippen LogP) is 0.389. The van der Waals surface area contributed by atoms with E-state index in [-0.39, 0.29) is 0 Å². The Hall–Kier alpha value is -0.570. The molecule has 0 saturated carbocycles. The van der Waals surface area contributed by atoms with Gasteiger partial charge >= 0.3 is 5.97 Å². The fourth-order valence-corrected chi connectivity index (χ4v) is 0.449. The lowest BCUT2D eigenvalue weighted by Gasteiger charge is -2.09. The Morgan fingerprint density at radius 1 is 1.67 bits per heavy atom. The average Bonchev–Trinajstić information content (AvgIpc) is 1.83. The summed E-state index contributed by atoms with van der Waals surface area (Å²) in [4.78, 5) is 10.3. The Morgan fingerprint density at radius 2 is 2.22 bits per heavy atom. The SMILES string of the molecule is CCN(C)CCC(O)=[OH+]. The van der Waals surface area contributed by atoms with Crippen LogP contribution in [-0.2, 0) is 0 Å². The number of aliphatic hydroxyl groups excluding tert-OH is 1. The Bertz CT molecular complexity index is 93.1. The second-order valence-corrected chi connectivity index (χ2v) is 2.06. The van der Waals surface area contributed by atoms with Crippen molar-refractivity contribution in [3.63, 3.8) is 0 Å². The quantitative estimate of drug-likeness (QED) is 0.562. The first-order chi connectivity index (χ1) is 4.16. The third-order valence-corrected chi connectivity index (χ3v) is 1.26. The van der Waals surface area contributed by atoms with E-state index in [4.69, 9.17) is 9.90 Å². The molecule has 54 valence electrons. The molecule has 0 aromatic carbocycles. The normalized spacial score (nSPS) is 10.1. The molecular formula is C6H14NO2+. The molecule has 0 aliphatic rings. The minimum atomic E-state index is -0.477. The summed E-state index contributed by atoms with van der Waals surface area (Å²) in [6.45, 7) is 3.67. The number of nitrogens with zero attached hydrogens (tertiary/aromatic N) is 1. The number of carboxylic acid groups (broad SMARTS) is 1. The van der Waals surface area contributed by atoms with Crippen LogP contribution < -0.4 is 0 Å². The molecule has 0 bridgehead atoms. The molecule has 0 radical (unpaired) electrons. The van der Waals surface area contributed by atoms with Crippen molar-refractivity contribution in [2.24, 2.45) is 0 Å². The minimum absolute atomic E-state index is 0.352. The van der Waals surface area contributed by atoms with Gasteiger partial charge in [-0.2, -0.15) is 0 Å². The summed E-state index contributed by atoms with van der Waals surface area (Å²) < 4.78 is 0. The molecule has 0 saturated heterocycles. The highest BCUT2D eigenvalue weighted by molar-refractivity contribution is 5.68. The van der Waals surface area contributed by atoms with Crippen LogP contribution in [0.5, 0.6) is 0 Å². The molecule has 0 heterocycles. The lowest BCUT2D eigenvalue weighted by atomic mass is 10.4. The van der Waals surface area contributed by atoms with Gasteiger partial charge < -0.3 is 14.8 Å². The number of hydrogen-bond donors (Lipinski definition) is 1. The fourth-order valence-electron chi connectivity index (χ4n) is 0.449. The molecule has 2 N–H and O–H groups in total. The van der Waals surface area contributed by atoms with Gasteiger partial charge in [0.15, 0.2) is 0 Å². The van der Waals surface area contributed by atoms with Crippen molar-refractivity contribution < 1.29 is 9.90 Å². The van der Waals surface area contributed by atoms with Crippen molar-refractivity contribution in [1.29, 1.82) is 0 Å². The van der Waals surface area contributed by atoms with Crippen LogP contribution in [0.2, 0.25) is 0 Å². The third kappa shape index (κ3) is 5.30. The summed E-state index contributed by atoms with van der Waals surface area (Å²) in [6, 6.07) is 0. The molecule has 0 unspecified atom stereocenters. The van der Waals surface area contributed by atoms with Crippen LogP contribution in [0.25, 0.3) is 0 Å². The van der Waals surface area contributed by atoms with E-state index in [0.29, 0.717) is 13.0 Å². The Kier molecular flexibility index (Phi) is 4.05. The van der Waals surface area contributed by atoms with E-state index in [1.165, 1.54) is 0 Å². The van der Waals surface area contributed by atoms with Crippen LogP contribution in [0, 0.1) is 0 Å². The van der Waals surface area contributed by atoms with Crippen LogP contribution in [0.4, 0.5) is 0 Å². The van der Waals surface area contributed by atoms with Crippen molar-refractivity contribution in [3.8, 4) is 0 Å². The first-order valence-corrected chi connectivity index (χ1v) is 3.09. The van der Waals surface area contributed by atoms with Gasteiger partial charge in [0.2, 0.25) is 0 Å². The second-order valence-electron chi connectivity index (χ2n) is 2.06. The molecule has 0 amide bonds. The molecule has 3 heteroatoms. The van der Waals surface area contributed by atoms with E-state index < -0.39 is 5.97 Å². The van der Waals surface area contributed by atoms with E-state index in [2.05, 4.69) is 0 Å². The van der Waals surface area contributed by atoms with Crippen LogP contribution >= 0.6 is 0 Å². The van der Waals surface area contributed by atoms with Crippen molar-refractivity contribution >= 4 is 5.97 Å². The summed E-state index contributed by atoms with van der Waals surface area (Å²) in [5, 5.41) is 8.34. The predicted molar refractivity (Wildman–Crippen MR) is 37.4 cm³/mol. The molecule has 9 heavy (non-hydrogen) atoms. The maximum absolute atomic E-state index is 8.34. The average molecular weight is 132 g/mol. The number of hydrogen-bond acceptors (Lipinski definition) is 1. The summed E-state index contributed by atoms with van der Waals surface area (Å²) in [5.74, 6) is -0.477. The van der Waals surface area contributed by atoms with Gasteiger partial charge in [0.1, 0.15) is 6.42 Å². The smallest absolute Gasteiger partial charge is 0.339 e. The zero-order chi connectivity index (χ0) is 7.28. The standard InChI is InChI=1S/C6H13NO2/c1-3-7(2)5-4-6(8)9/h3-5H2,1-2H3,(H,8,9)/p+1. The highest BCUT2D eigenvalue weighted by Crippen LogP contribution is 1.84. The summed E-state index contributed by atoms with van der Waals surface area (Å²) in [7, 11) is 1.93. The molecule has 0 aromatic heterocycles. The van der Waals surface area contributed by atoms with Gasteiger partial charge in [-0.25, -0.2) is 0 Å². The summed E-state index contributed by atoms with van der Waals surface area (Å²) in [6.07, 6.45) is 0.352. The number of carboxylic acids is 1. The van der Waals surface area contributed by atoms with Crippen molar-refractivity contribution in [2.75, 3.05) is 20.1 Å². The van der Waals surface area contributed by atoms with E-state index >= 15 is 0 Å². The lowest BCUT2D eigenvalue weighted by Crippen LogP contribution is -2.21. The summed E-state index contributed by atoms with van der Waals surface area (Å²) in [5.41, 5.74) is 0. The molecule has 0 fully saturated rings. The van der Waals surface area contributed by atoms with Crippen LogP contribution in [-0.4, -0.2) is 40.9 Å². The van der Waals surface area contributed by atoms with Gasteiger partial charge in [0.05, 0.1) is 0 Å². The van der Waals surface area contributed by atoms with Crippen LogP contribution in [0.1, 0.15) is 13.3 Å². The van der Waals surface area contributed by atoms with Crippen LogP contribution in [0.3, 0.4) is 0 Å². The van der Waals surface area contributed by atoms with Crippen molar-refractivity contribution in [2.45, 2.75) is 13.3 Å². The zero-order valence-electron chi connectivity index (χ0n) is 5.96. The minimum Gasteiger partial charge on any atom is -0.339 e. The monoisotopic (exact) mass is 132 g/mol. The molecule has 0 atom stereocenters. The lowest BCUT2D eigenvalue weighted by molar-refractivity contribution is 0.342. The van der Waals surface area contributed by atoms with Gasteiger partial charge in [-0.05, 0) is 13.6 Å². The maximum atomic E-state index is 8.34. The molecule has 0 rings (SSSR count). The zero-order valence-corrected chi connectivity index (χ0v) is 5.96. The largest absolute Gasteiger partial charge is 0.481 e. The second kappa shape index (κ2) is 4.32. The molecule has 0 aromatic rings. The highest BCUT2D eigenvalue weighted by atomic mass is 16.4. The fraction of sp³-hybridized carbons (Fsp3) is 0.833. The van der Waals surface area contributed by atoms with Gasteiger partial charge in [-0.1, -0.05) is 6.92 Å². The topological polar surface area (TPSA) is 44.9 Å². The van der Waals surface area contributed by atoms with E-state index in [9.17, 15) is 0 Å². The number of aliphatic carboxylic acids is 1. The van der Waals surface area contributed by atoms with E-state index in [1.807, 2.05) is 18.9 Å². The third-order valence-electron chi connectivity index (χ3n) is 1.26. The molecular weight excluding hydrogens is 118 g/mol. The molecule has 0 spiro atoms. The van der Waals surface area contributed by atoms with Gasteiger partial charge in [0, 0.05) is 6.54 Å². The first kappa shape index (κ1) is 8.43. The van der Waals surface area contributed by atoms with E-state index in [0.717, 1.165) is 6.54 Å². The molecule has 0 aliphatic carbocycles. The maximum Gasteiger partial charge on any atom is 0.481 e. The van der Waals surface area contributed by atoms with E-state index in [1.54, 1.807) is 0 Å². The number of rotatable bonds is 4. The first-order valence-electron chi connectivity index (χ1n) is 3.09. The van der Waals surface area contributed by atoms with Gasteiger partial charge in [-0.15, -0.1) is 0 Å². The molecule has 0 aliphatic heterocycles. The van der Waals surface area contributed by atoms with Crippen molar-refractivity contribution in [3.05, 3.63) is 0 Å². The van der Waals surface area contributed by atoms with Gasteiger partial charge in [0.25, 0.3) is 0 Å². The van der Waals surface area contributed by atoms with Crippen molar-refractivity contribution in [1.82, 2.24) is 4.90 Å². The Morgan fingerprint density at radius 3 is 2.56 bits per heavy atom.